The van der Waals surface area contributed by atoms with E-state index in [9.17, 15) is 14.4 Å². The molecule has 0 aliphatic carbocycles. The van der Waals surface area contributed by atoms with Crippen LogP contribution in [-0.2, 0) is 22.6 Å². The van der Waals surface area contributed by atoms with Crippen LogP contribution in [0.4, 0.5) is 4.79 Å². The lowest BCUT2D eigenvalue weighted by Gasteiger charge is -2.42. The predicted molar refractivity (Wildman–Crippen MR) is 104 cm³/mol. The number of benzene rings is 1. The molecule has 0 spiro atoms. The van der Waals surface area contributed by atoms with E-state index in [4.69, 9.17) is 0 Å². The number of imide groups is 1. The average molecular weight is 384 g/mol. The van der Waals surface area contributed by atoms with Gasteiger partial charge in [-0.25, -0.2) is 4.79 Å². The van der Waals surface area contributed by atoms with Gasteiger partial charge in [0, 0.05) is 32.2 Å². The van der Waals surface area contributed by atoms with Crippen molar-refractivity contribution >= 4 is 17.8 Å². The number of likely N-dealkylation sites (tertiary alicyclic amines) is 1. The maximum Gasteiger partial charge on any atom is 0.325 e. The zero-order valence-electron chi connectivity index (χ0n) is 16.6. The quantitative estimate of drug-likeness (QED) is 0.799. The number of hydrogen-bond donors (Lipinski definition) is 1. The fraction of sp³-hybridized carbons (Fsp3) is 0.571. The van der Waals surface area contributed by atoms with Gasteiger partial charge in [-0.3, -0.25) is 19.8 Å². The number of amides is 4. The first-order chi connectivity index (χ1) is 13.4. The van der Waals surface area contributed by atoms with Crippen LogP contribution in [0.15, 0.2) is 24.3 Å². The van der Waals surface area contributed by atoms with Crippen LogP contribution in [0.5, 0.6) is 0 Å². The molecule has 1 atom stereocenters. The van der Waals surface area contributed by atoms with E-state index in [1.54, 1.807) is 13.8 Å². The summed E-state index contributed by atoms with van der Waals surface area (Å²) < 4.78 is 0. The molecule has 2 fully saturated rings. The van der Waals surface area contributed by atoms with Crippen molar-refractivity contribution in [3.05, 3.63) is 35.4 Å². The van der Waals surface area contributed by atoms with Crippen LogP contribution >= 0.6 is 0 Å². The Balaban J connectivity index is 1.39. The lowest BCUT2D eigenvalue weighted by Crippen LogP contribution is -2.54. The molecule has 0 saturated carbocycles. The molecule has 1 aromatic rings. The summed E-state index contributed by atoms with van der Waals surface area (Å²) in [6.07, 6.45) is 3.09. The molecule has 1 N–H and O–H groups in total. The van der Waals surface area contributed by atoms with Crippen molar-refractivity contribution in [1.82, 2.24) is 20.0 Å². The lowest BCUT2D eigenvalue weighted by molar-refractivity contribution is -0.135. The summed E-state index contributed by atoms with van der Waals surface area (Å²) in [6.45, 7) is 6.63. The number of nitrogens with one attached hydrogen (secondary N) is 1. The van der Waals surface area contributed by atoms with Gasteiger partial charge in [0.1, 0.15) is 12.1 Å². The van der Waals surface area contributed by atoms with Crippen LogP contribution in [0.25, 0.3) is 0 Å². The van der Waals surface area contributed by atoms with Gasteiger partial charge in [0.25, 0.3) is 5.91 Å². The van der Waals surface area contributed by atoms with Crippen molar-refractivity contribution in [2.75, 3.05) is 26.2 Å². The standard InChI is InChI=1S/C21H28N4O3/c1-21(2)19(27)22-20(28)25(21)14-18(26)24-10-5-8-17(13-24)23-11-9-15-6-3-4-7-16(15)12-23/h3-4,6-7,17H,5,8-14H2,1-2H3,(H,22,27,28)/t17-/m0/s1. The smallest absolute Gasteiger partial charge is 0.325 e. The average Bonchev–Trinajstić information content (AvgIpc) is 2.89. The Kier molecular flexibility index (Phi) is 4.87. The van der Waals surface area contributed by atoms with Gasteiger partial charge in [-0.15, -0.1) is 0 Å². The third-order valence-electron chi connectivity index (χ3n) is 6.42. The SMILES string of the molecule is CC1(C)C(=O)NC(=O)N1CC(=O)N1CCC[C@H](N2CCc3ccccc3C2)C1. The Morgan fingerprint density at radius 1 is 1.18 bits per heavy atom. The van der Waals surface area contributed by atoms with Crippen LogP contribution in [0.3, 0.4) is 0 Å². The molecular weight excluding hydrogens is 356 g/mol. The first-order valence-electron chi connectivity index (χ1n) is 10.1. The molecule has 7 heteroatoms. The van der Waals surface area contributed by atoms with Gasteiger partial charge in [-0.2, -0.15) is 0 Å². The lowest BCUT2D eigenvalue weighted by atomic mass is 9.96. The second-order valence-corrected chi connectivity index (χ2v) is 8.53. The Hall–Kier alpha value is -2.41. The normalized spacial score (nSPS) is 24.9. The van der Waals surface area contributed by atoms with Crippen LogP contribution in [0.1, 0.15) is 37.8 Å². The molecule has 4 amide bonds. The van der Waals surface area contributed by atoms with Crippen LogP contribution in [0.2, 0.25) is 0 Å². The molecule has 0 bridgehead atoms. The summed E-state index contributed by atoms with van der Waals surface area (Å²) in [4.78, 5) is 42.6. The highest BCUT2D eigenvalue weighted by Crippen LogP contribution is 2.25. The molecule has 0 radical (unpaired) electrons. The largest absolute Gasteiger partial charge is 0.340 e. The molecular formula is C21H28N4O3. The summed E-state index contributed by atoms with van der Waals surface area (Å²) in [7, 11) is 0. The summed E-state index contributed by atoms with van der Waals surface area (Å²) in [6, 6.07) is 8.43. The van der Waals surface area contributed by atoms with Gasteiger partial charge in [0.15, 0.2) is 0 Å². The fourth-order valence-corrected chi connectivity index (χ4v) is 4.51. The molecule has 0 aromatic heterocycles. The molecule has 7 nitrogen and oxygen atoms in total. The maximum atomic E-state index is 12.9. The minimum absolute atomic E-state index is 0.0554. The first kappa shape index (κ1) is 18.9. The zero-order valence-corrected chi connectivity index (χ0v) is 16.6. The summed E-state index contributed by atoms with van der Waals surface area (Å²) in [5.74, 6) is -0.436. The van der Waals surface area contributed by atoms with Crippen molar-refractivity contribution in [3.63, 3.8) is 0 Å². The Morgan fingerprint density at radius 2 is 1.93 bits per heavy atom. The highest BCUT2D eigenvalue weighted by atomic mass is 16.2. The Morgan fingerprint density at radius 3 is 2.64 bits per heavy atom. The molecule has 3 heterocycles. The van der Waals surface area contributed by atoms with Gasteiger partial charge in [-0.05, 0) is 44.2 Å². The monoisotopic (exact) mass is 384 g/mol. The van der Waals surface area contributed by atoms with Gasteiger partial charge in [-0.1, -0.05) is 24.3 Å². The number of carbonyl (C=O) groups is 3. The highest BCUT2D eigenvalue weighted by Gasteiger charge is 2.46. The fourth-order valence-electron chi connectivity index (χ4n) is 4.51. The second kappa shape index (κ2) is 7.20. The van der Waals surface area contributed by atoms with Crippen molar-refractivity contribution in [3.8, 4) is 0 Å². The molecule has 3 aliphatic rings. The van der Waals surface area contributed by atoms with Crippen molar-refractivity contribution in [1.29, 1.82) is 0 Å². The van der Waals surface area contributed by atoms with Crippen LogP contribution < -0.4 is 5.32 Å². The van der Waals surface area contributed by atoms with E-state index in [-0.39, 0.29) is 18.4 Å². The van der Waals surface area contributed by atoms with Gasteiger partial charge < -0.3 is 9.80 Å². The number of fused-ring (bicyclic) bond motifs is 1. The van der Waals surface area contributed by atoms with E-state index in [2.05, 4.69) is 34.5 Å². The van der Waals surface area contributed by atoms with Crippen LogP contribution in [0, 0.1) is 0 Å². The van der Waals surface area contributed by atoms with E-state index in [0.29, 0.717) is 19.1 Å². The number of rotatable bonds is 3. The van der Waals surface area contributed by atoms with Gasteiger partial charge in [0.05, 0.1) is 0 Å². The number of urea groups is 1. The number of hydrogen-bond acceptors (Lipinski definition) is 4. The highest BCUT2D eigenvalue weighted by molar-refractivity contribution is 6.07. The van der Waals surface area contributed by atoms with Gasteiger partial charge >= 0.3 is 6.03 Å². The topological polar surface area (TPSA) is 73.0 Å². The van der Waals surface area contributed by atoms with Crippen molar-refractivity contribution in [2.24, 2.45) is 0 Å². The number of carbonyl (C=O) groups excluding carboxylic acids is 3. The van der Waals surface area contributed by atoms with E-state index in [1.165, 1.54) is 16.0 Å². The molecule has 4 rings (SSSR count). The number of nitrogens with zero attached hydrogens (tertiary/aromatic N) is 3. The Labute approximate surface area is 165 Å². The molecule has 1 aromatic carbocycles. The predicted octanol–water partition coefficient (Wildman–Crippen LogP) is 1.37. The van der Waals surface area contributed by atoms with E-state index >= 15 is 0 Å². The number of piperidine rings is 1. The molecule has 3 aliphatic heterocycles. The summed E-state index contributed by atoms with van der Waals surface area (Å²) in [5.41, 5.74) is 1.82. The zero-order chi connectivity index (χ0) is 19.9. The molecule has 150 valence electrons. The van der Waals surface area contributed by atoms with Crippen molar-refractivity contribution < 1.29 is 14.4 Å². The van der Waals surface area contributed by atoms with Gasteiger partial charge in [0.2, 0.25) is 5.91 Å². The van der Waals surface area contributed by atoms with Crippen molar-refractivity contribution in [2.45, 2.75) is 51.2 Å². The summed E-state index contributed by atoms with van der Waals surface area (Å²) in [5, 5.41) is 2.30. The van der Waals surface area contributed by atoms with E-state index in [1.807, 2.05) is 4.90 Å². The molecule has 28 heavy (non-hydrogen) atoms. The van der Waals surface area contributed by atoms with E-state index < -0.39 is 11.6 Å². The summed E-state index contributed by atoms with van der Waals surface area (Å²) >= 11 is 0. The second-order valence-electron chi connectivity index (χ2n) is 8.53. The Bertz CT molecular complexity index is 807. The molecule has 2 saturated heterocycles. The maximum absolute atomic E-state index is 12.9. The van der Waals surface area contributed by atoms with E-state index in [0.717, 1.165) is 32.4 Å². The minimum Gasteiger partial charge on any atom is -0.340 e. The van der Waals surface area contributed by atoms with Crippen LogP contribution in [-0.4, -0.2) is 70.3 Å². The third-order valence-corrected chi connectivity index (χ3v) is 6.42. The molecule has 0 unspecified atom stereocenters. The third kappa shape index (κ3) is 3.39. The minimum atomic E-state index is -0.988. The first-order valence-corrected chi connectivity index (χ1v) is 10.1.